The van der Waals surface area contributed by atoms with Crippen LogP contribution in [-0.4, -0.2) is 49.8 Å². The molecular weight excluding hydrogens is 274 g/mol. The molecule has 1 heterocycles. The minimum Gasteiger partial charge on any atom is -0.394 e. The predicted octanol–water partition coefficient (Wildman–Crippen LogP) is 1.66. The predicted molar refractivity (Wildman–Crippen MR) is 75.6 cm³/mol. The Hall–Kier alpha value is -1.63. The lowest BCUT2D eigenvalue weighted by Gasteiger charge is -2.39. The standard InChI is InChI=1S/C14H19N3O4/c1-19-14-12(7-18)20-9-11(16-17-15)13(14)21-8-10-5-3-2-4-6-10/h2-6,11-14,18H,7-9H2,1H3/t11?,12?,13-,14+/m1/s1. The monoisotopic (exact) mass is 293 g/mol. The van der Waals surface area contributed by atoms with Gasteiger partial charge in [-0.25, -0.2) is 0 Å². The quantitative estimate of drug-likeness (QED) is 0.490. The molecule has 7 nitrogen and oxygen atoms in total. The molecule has 1 saturated heterocycles. The lowest BCUT2D eigenvalue weighted by Crippen LogP contribution is -2.55. The molecular formula is C14H19N3O4. The summed E-state index contributed by atoms with van der Waals surface area (Å²) in [5.41, 5.74) is 9.67. The van der Waals surface area contributed by atoms with Gasteiger partial charge in [-0.1, -0.05) is 35.4 Å². The average molecular weight is 293 g/mol. The molecule has 1 aromatic carbocycles. The molecule has 0 aromatic heterocycles. The third-order valence-electron chi connectivity index (χ3n) is 3.49. The van der Waals surface area contributed by atoms with Gasteiger partial charge >= 0.3 is 0 Å². The second kappa shape index (κ2) is 7.97. The van der Waals surface area contributed by atoms with Crippen LogP contribution in [0.15, 0.2) is 35.4 Å². The van der Waals surface area contributed by atoms with Gasteiger partial charge < -0.3 is 19.3 Å². The number of rotatable bonds is 6. The van der Waals surface area contributed by atoms with Crippen molar-refractivity contribution in [2.45, 2.75) is 31.0 Å². The summed E-state index contributed by atoms with van der Waals surface area (Å²) in [7, 11) is 1.52. The Morgan fingerprint density at radius 3 is 2.76 bits per heavy atom. The van der Waals surface area contributed by atoms with E-state index in [9.17, 15) is 5.11 Å². The summed E-state index contributed by atoms with van der Waals surface area (Å²) in [6.45, 7) is 0.405. The van der Waals surface area contributed by atoms with Gasteiger partial charge in [-0.3, -0.25) is 0 Å². The molecule has 1 aromatic rings. The lowest BCUT2D eigenvalue weighted by molar-refractivity contribution is -0.186. The summed E-state index contributed by atoms with van der Waals surface area (Å²) < 4.78 is 16.7. The van der Waals surface area contributed by atoms with Crippen molar-refractivity contribution in [2.75, 3.05) is 20.3 Å². The van der Waals surface area contributed by atoms with Gasteiger partial charge in [-0.15, -0.1) is 0 Å². The molecule has 114 valence electrons. The Bertz CT molecular complexity index is 478. The van der Waals surface area contributed by atoms with E-state index in [1.54, 1.807) is 0 Å². The van der Waals surface area contributed by atoms with E-state index in [0.29, 0.717) is 6.61 Å². The van der Waals surface area contributed by atoms with Crippen LogP contribution in [0.1, 0.15) is 5.56 Å². The SMILES string of the molecule is CO[C@H]1C(CO)OCC(N=[N+]=[N-])[C@H]1OCc1ccccc1. The van der Waals surface area contributed by atoms with Crippen molar-refractivity contribution >= 4 is 0 Å². The van der Waals surface area contributed by atoms with E-state index in [-0.39, 0.29) is 13.2 Å². The van der Waals surface area contributed by atoms with E-state index < -0.39 is 24.4 Å². The van der Waals surface area contributed by atoms with E-state index >= 15 is 0 Å². The van der Waals surface area contributed by atoms with Crippen LogP contribution in [0.3, 0.4) is 0 Å². The second-order valence-electron chi connectivity index (χ2n) is 4.79. The summed E-state index contributed by atoms with van der Waals surface area (Å²) in [6.07, 6.45) is -1.43. The number of aliphatic hydroxyl groups excluding tert-OH is 1. The van der Waals surface area contributed by atoms with E-state index in [0.717, 1.165) is 5.56 Å². The van der Waals surface area contributed by atoms with Crippen LogP contribution in [0.5, 0.6) is 0 Å². The normalized spacial score (nSPS) is 28.9. The third-order valence-corrected chi connectivity index (χ3v) is 3.49. The highest BCUT2D eigenvalue weighted by Crippen LogP contribution is 2.24. The van der Waals surface area contributed by atoms with Gasteiger partial charge in [0, 0.05) is 12.0 Å². The van der Waals surface area contributed by atoms with Crippen LogP contribution in [-0.2, 0) is 20.8 Å². The summed E-state index contributed by atoms with van der Waals surface area (Å²) in [6, 6.07) is 9.21. The number of ether oxygens (including phenoxy) is 3. The maximum absolute atomic E-state index is 9.35. The zero-order valence-electron chi connectivity index (χ0n) is 11.8. The topological polar surface area (TPSA) is 96.7 Å². The molecule has 1 aliphatic heterocycles. The molecule has 2 unspecified atom stereocenters. The Morgan fingerprint density at radius 2 is 2.14 bits per heavy atom. The van der Waals surface area contributed by atoms with Gasteiger partial charge in [0.25, 0.3) is 0 Å². The maximum atomic E-state index is 9.35. The summed E-state index contributed by atoms with van der Waals surface area (Å²) >= 11 is 0. The Balaban J connectivity index is 2.10. The molecule has 4 atom stereocenters. The maximum Gasteiger partial charge on any atom is 0.112 e. The van der Waals surface area contributed by atoms with Crippen molar-refractivity contribution in [3.05, 3.63) is 46.3 Å². The van der Waals surface area contributed by atoms with Gasteiger partial charge in [-0.05, 0) is 11.1 Å². The molecule has 0 saturated carbocycles. The smallest absolute Gasteiger partial charge is 0.112 e. The third kappa shape index (κ3) is 3.93. The van der Waals surface area contributed by atoms with E-state index in [2.05, 4.69) is 10.0 Å². The van der Waals surface area contributed by atoms with Crippen LogP contribution < -0.4 is 0 Å². The van der Waals surface area contributed by atoms with Gasteiger partial charge in [0.05, 0.1) is 32.0 Å². The number of methoxy groups -OCH3 is 1. The minimum atomic E-state index is -0.485. The van der Waals surface area contributed by atoms with Crippen LogP contribution >= 0.6 is 0 Å². The molecule has 1 fully saturated rings. The Kier molecular flexibility index (Phi) is 5.98. The summed E-state index contributed by atoms with van der Waals surface area (Å²) in [5.74, 6) is 0. The molecule has 0 spiro atoms. The van der Waals surface area contributed by atoms with Crippen molar-refractivity contribution in [3.63, 3.8) is 0 Å². The number of benzene rings is 1. The average Bonchev–Trinajstić information content (AvgIpc) is 2.54. The Labute approximate surface area is 123 Å². The fourth-order valence-electron chi connectivity index (χ4n) is 2.42. The molecule has 1 N–H and O–H groups in total. The number of nitrogens with zero attached hydrogens (tertiary/aromatic N) is 3. The van der Waals surface area contributed by atoms with Crippen LogP contribution in [0, 0.1) is 0 Å². The fraction of sp³-hybridized carbons (Fsp3) is 0.571. The fourth-order valence-corrected chi connectivity index (χ4v) is 2.42. The van der Waals surface area contributed by atoms with Crippen molar-refractivity contribution in [3.8, 4) is 0 Å². The molecule has 0 radical (unpaired) electrons. The van der Waals surface area contributed by atoms with Crippen molar-refractivity contribution < 1.29 is 19.3 Å². The molecule has 0 bridgehead atoms. The highest BCUT2D eigenvalue weighted by Gasteiger charge is 2.41. The highest BCUT2D eigenvalue weighted by molar-refractivity contribution is 5.13. The first-order valence-electron chi connectivity index (χ1n) is 6.75. The van der Waals surface area contributed by atoms with Crippen LogP contribution in [0.2, 0.25) is 0 Å². The number of aliphatic hydroxyl groups is 1. The molecule has 2 rings (SSSR count). The molecule has 0 aliphatic carbocycles. The molecule has 1 aliphatic rings. The second-order valence-corrected chi connectivity index (χ2v) is 4.79. The first kappa shape index (κ1) is 15.8. The zero-order chi connectivity index (χ0) is 15.1. The van der Waals surface area contributed by atoms with Gasteiger partial charge in [0.15, 0.2) is 0 Å². The Morgan fingerprint density at radius 1 is 1.38 bits per heavy atom. The summed E-state index contributed by atoms with van der Waals surface area (Å²) in [5, 5.41) is 13.1. The number of hydrogen-bond acceptors (Lipinski definition) is 5. The molecule has 0 amide bonds. The lowest BCUT2D eigenvalue weighted by atomic mass is 9.98. The molecule has 7 heteroatoms. The van der Waals surface area contributed by atoms with Gasteiger partial charge in [0.2, 0.25) is 0 Å². The summed E-state index contributed by atoms with van der Waals surface area (Å²) in [4.78, 5) is 2.83. The van der Waals surface area contributed by atoms with Crippen molar-refractivity contribution in [1.82, 2.24) is 0 Å². The molecule has 21 heavy (non-hydrogen) atoms. The van der Waals surface area contributed by atoms with E-state index in [4.69, 9.17) is 19.7 Å². The zero-order valence-corrected chi connectivity index (χ0v) is 11.8. The minimum absolute atomic E-state index is 0.174. The largest absolute Gasteiger partial charge is 0.394 e. The van der Waals surface area contributed by atoms with Crippen molar-refractivity contribution in [1.29, 1.82) is 0 Å². The number of hydrogen-bond donors (Lipinski definition) is 1. The first-order chi connectivity index (χ1) is 10.3. The van der Waals surface area contributed by atoms with E-state index in [1.807, 2.05) is 30.3 Å². The van der Waals surface area contributed by atoms with Crippen LogP contribution in [0.25, 0.3) is 10.4 Å². The van der Waals surface area contributed by atoms with E-state index in [1.165, 1.54) is 7.11 Å². The highest BCUT2D eigenvalue weighted by atomic mass is 16.6. The van der Waals surface area contributed by atoms with Gasteiger partial charge in [-0.2, -0.15) is 0 Å². The first-order valence-corrected chi connectivity index (χ1v) is 6.75. The van der Waals surface area contributed by atoms with Gasteiger partial charge in [0.1, 0.15) is 12.2 Å². The van der Waals surface area contributed by atoms with Crippen molar-refractivity contribution in [2.24, 2.45) is 5.11 Å². The number of azide groups is 1. The van der Waals surface area contributed by atoms with Crippen LogP contribution in [0.4, 0.5) is 0 Å².